The van der Waals surface area contributed by atoms with E-state index in [0.717, 1.165) is 12.0 Å². The molecule has 6 heteroatoms. The van der Waals surface area contributed by atoms with Gasteiger partial charge in [-0.2, -0.15) is 0 Å². The Balaban J connectivity index is 2.26. The highest BCUT2D eigenvalue weighted by Crippen LogP contribution is 2.21. The summed E-state index contributed by atoms with van der Waals surface area (Å²) in [7, 11) is 0. The molecule has 0 aliphatic carbocycles. The number of nitrogens with zero attached hydrogens (tertiary/aromatic N) is 1. The van der Waals surface area contributed by atoms with Crippen LogP contribution in [0.4, 0.5) is 4.39 Å². The second-order valence-corrected chi connectivity index (χ2v) is 7.29. The van der Waals surface area contributed by atoms with Crippen LogP contribution in [0.15, 0.2) is 48.5 Å². The standard InChI is InChI=1S/C22H26ClFN2O2/c1-4-15(2)25-22(28)16(3)26(14-17-9-6-5-7-10-17)21(27)13-18-19(23)11-8-12-20(18)24/h5-12,15-16H,4,13-14H2,1-3H3,(H,25,28)/t15-,16-/m1/s1. The summed E-state index contributed by atoms with van der Waals surface area (Å²) in [5, 5.41) is 3.10. The summed E-state index contributed by atoms with van der Waals surface area (Å²) in [5.41, 5.74) is 1.03. The maximum Gasteiger partial charge on any atom is 0.242 e. The van der Waals surface area contributed by atoms with Crippen LogP contribution < -0.4 is 5.32 Å². The third-order valence-corrected chi connectivity index (χ3v) is 5.11. The monoisotopic (exact) mass is 404 g/mol. The summed E-state index contributed by atoms with van der Waals surface area (Å²) < 4.78 is 14.1. The SMILES string of the molecule is CC[C@@H](C)NC(=O)[C@@H](C)N(Cc1ccccc1)C(=O)Cc1c(F)cccc1Cl. The molecule has 0 spiro atoms. The molecule has 2 amide bonds. The van der Waals surface area contributed by atoms with E-state index in [1.54, 1.807) is 13.0 Å². The van der Waals surface area contributed by atoms with Gasteiger partial charge in [0.05, 0.1) is 6.42 Å². The maximum atomic E-state index is 14.1. The number of hydrogen-bond donors (Lipinski definition) is 1. The molecule has 28 heavy (non-hydrogen) atoms. The minimum Gasteiger partial charge on any atom is -0.352 e. The van der Waals surface area contributed by atoms with Gasteiger partial charge in [-0.1, -0.05) is 54.9 Å². The zero-order chi connectivity index (χ0) is 20.7. The number of nitrogens with one attached hydrogen (secondary N) is 1. The molecular formula is C22H26ClFN2O2. The molecule has 0 aliphatic heterocycles. The molecule has 0 saturated carbocycles. The summed E-state index contributed by atoms with van der Waals surface area (Å²) in [4.78, 5) is 27.1. The predicted octanol–water partition coefficient (Wildman–Crippen LogP) is 4.35. The van der Waals surface area contributed by atoms with Crippen molar-refractivity contribution in [1.82, 2.24) is 10.2 Å². The number of carbonyl (C=O) groups is 2. The fourth-order valence-corrected chi connectivity index (χ4v) is 3.01. The molecule has 2 aromatic carbocycles. The van der Waals surface area contributed by atoms with Gasteiger partial charge in [-0.25, -0.2) is 4.39 Å². The van der Waals surface area contributed by atoms with Crippen molar-refractivity contribution in [2.45, 2.75) is 52.2 Å². The molecule has 2 atom stereocenters. The quantitative estimate of drug-likeness (QED) is 0.710. The number of rotatable bonds is 8. The molecule has 2 rings (SSSR count). The van der Waals surface area contributed by atoms with Gasteiger partial charge in [0.25, 0.3) is 0 Å². The second kappa shape index (κ2) is 10.2. The molecule has 0 unspecified atom stereocenters. The third-order valence-electron chi connectivity index (χ3n) is 4.75. The van der Waals surface area contributed by atoms with Crippen molar-refractivity contribution in [3.8, 4) is 0 Å². The number of hydrogen-bond acceptors (Lipinski definition) is 2. The minimum atomic E-state index is -0.702. The van der Waals surface area contributed by atoms with E-state index in [0.29, 0.717) is 0 Å². The molecule has 0 radical (unpaired) electrons. The number of carbonyl (C=O) groups excluding carboxylic acids is 2. The number of amides is 2. The Morgan fingerprint density at radius 2 is 1.79 bits per heavy atom. The van der Waals surface area contributed by atoms with Gasteiger partial charge in [0.1, 0.15) is 11.9 Å². The van der Waals surface area contributed by atoms with E-state index in [-0.39, 0.29) is 41.4 Å². The maximum absolute atomic E-state index is 14.1. The fraction of sp³-hybridized carbons (Fsp3) is 0.364. The first-order chi connectivity index (χ1) is 13.3. The Labute approximate surface area is 170 Å². The molecule has 0 bridgehead atoms. The van der Waals surface area contributed by atoms with Gasteiger partial charge in [0.15, 0.2) is 0 Å². The number of benzene rings is 2. The first-order valence-corrected chi connectivity index (χ1v) is 9.77. The zero-order valence-corrected chi connectivity index (χ0v) is 17.2. The van der Waals surface area contributed by atoms with Crippen molar-refractivity contribution in [3.63, 3.8) is 0 Å². The van der Waals surface area contributed by atoms with Crippen molar-refractivity contribution >= 4 is 23.4 Å². The van der Waals surface area contributed by atoms with Crippen LogP contribution in [0.3, 0.4) is 0 Å². The van der Waals surface area contributed by atoms with E-state index >= 15 is 0 Å². The summed E-state index contributed by atoms with van der Waals surface area (Å²) >= 11 is 6.08. The number of halogens is 2. The van der Waals surface area contributed by atoms with Crippen LogP contribution in [-0.4, -0.2) is 28.8 Å². The lowest BCUT2D eigenvalue weighted by Gasteiger charge is -2.30. The van der Waals surface area contributed by atoms with Crippen molar-refractivity contribution < 1.29 is 14.0 Å². The van der Waals surface area contributed by atoms with Crippen LogP contribution >= 0.6 is 11.6 Å². The Morgan fingerprint density at radius 3 is 2.39 bits per heavy atom. The summed E-state index contributed by atoms with van der Waals surface area (Å²) in [6, 6.07) is 13.0. The molecule has 150 valence electrons. The van der Waals surface area contributed by atoms with Crippen molar-refractivity contribution in [2.24, 2.45) is 0 Å². The normalized spacial score (nSPS) is 12.9. The fourth-order valence-electron chi connectivity index (χ4n) is 2.78. The van der Waals surface area contributed by atoms with Gasteiger partial charge in [-0.3, -0.25) is 9.59 Å². The Bertz CT molecular complexity index is 793. The van der Waals surface area contributed by atoms with Crippen LogP contribution in [-0.2, 0) is 22.6 Å². The highest BCUT2D eigenvalue weighted by atomic mass is 35.5. The van der Waals surface area contributed by atoms with E-state index in [1.165, 1.54) is 17.0 Å². The average molecular weight is 405 g/mol. The molecule has 1 N–H and O–H groups in total. The lowest BCUT2D eigenvalue weighted by molar-refractivity contribution is -0.140. The van der Waals surface area contributed by atoms with Gasteiger partial charge < -0.3 is 10.2 Å². The van der Waals surface area contributed by atoms with Crippen molar-refractivity contribution in [3.05, 3.63) is 70.5 Å². The Hall–Kier alpha value is -2.40. The van der Waals surface area contributed by atoms with Crippen LogP contribution in [0.1, 0.15) is 38.3 Å². The van der Waals surface area contributed by atoms with Gasteiger partial charge >= 0.3 is 0 Å². The van der Waals surface area contributed by atoms with E-state index in [2.05, 4.69) is 5.32 Å². The van der Waals surface area contributed by atoms with E-state index < -0.39 is 11.9 Å². The molecule has 0 heterocycles. The third kappa shape index (κ3) is 5.80. The smallest absolute Gasteiger partial charge is 0.242 e. The lowest BCUT2D eigenvalue weighted by Crippen LogP contribution is -2.50. The first kappa shape index (κ1) is 21.9. The van der Waals surface area contributed by atoms with Gasteiger partial charge in [0.2, 0.25) is 11.8 Å². The molecule has 0 saturated heterocycles. The topological polar surface area (TPSA) is 49.4 Å². The molecule has 4 nitrogen and oxygen atoms in total. The highest BCUT2D eigenvalue weighted by Gasteiger charge is 2.27. The largest absolute Gasteiger partial charge is 0.352 e. The van der Waals surface area contributed by atoms with Gasteiger partial charge in [-0.05, 0) is 38.0 Å². The predicted molar refractivity (Wildman–Crippen MR) is 109 cm³/mol. The summed E-state index contributed by atoms with van der Waals surface area (Å²) in [6.07, 6.45) is 0.579. The van der Waals surface area contributed by atoms with E-state index in [9.17, 15) is 14.0 Å². The summed E-state index contributed by atoms with van der Waals surface area (Å²) in [6.45, 7) is 5.82. The molecule has 0 aromatic heterocycles. The van der Waals surface area contributed by atoms with E-state index in [4.69, 9.17) is 11.6 Å². The molecule has 0 fully saturated rings. The van der Waals surface area contributed by atoms with Crippen molar-refractivity contribution in [1.29, 1.82) is 0 Å². The van der Waals surface area contributed by atoms with Crippen molar-refractivity contribution in [2.75, 3.05) is 0 Å². The average Bonchev–Trinajstić information content (AvgIpc) is 2.69. The van der Waals surface area contributed by atoms with Gasteiger partial charge in [0, 0.05) is 23.2 Å². The van der Waals surface area contributed by atoms with Gasteiger partial charge in [-0.15, -0.1) is 0 Å². The zero-order valence-electron chi connectivity index (χ0n) is 16.4. The Morgan fingerprint density at radius 1 is 1.11 bits per heavy atom. The van der Waals surface area contributed by atoms with Crippen LogP contribution in [0.2, 0.25) is 5.02 Å². The molecule has 2 aromatic rings. The highest BCUT2D eigenvalue weighted by molar-refractivity contribution is 6.31. The molecular weight excluding hydrogens is 379 g/mol. The minimum absolute atomic E-state index is 0.00430. The first-order valence-electron chi connectivity index (χ1n) is 9.40. The van der Waals surface area contributed by atoms with E-state index in [1.807, 2.05) is 44.2 Å². The van der Waals surface area contributed by atoms with Crippen LogP contribution in [0.25, 0.3) is 0 Å². The second-order valence-electron chi connectivity index (χ2n) is 6.88. The summed E-state index contributed by atoms with van der Waals surface area (Å²) in [5.74, 6) is -1.13. The van der Waals surface area contributed by atoms with Crippen LogP contribution in [0, 0.1) is 5.82 Å². The lowest BCUT2D eigenvalue weighted by atomic mass is 10.1. The Kier molecular flexibility index (Phi) is 8.00. The molecule has 0 aliphatic rings. The van der Waals surface area contributed by atoms with Crippen LogP contribution in [0.5, 0.6) is 0 Å².